The predicted molar refractivity (Wildman–Crippen MR) is 105 cm³/mol. The number of carbonyl (C=O) groups excluding carboxylic acids is 2. The zero-order chi connectivity index (χ0) is 18.5. The zero-order valence-electron chi connectivity index (χ0n) is 15.3. The molecule has 7 nitrogen and oxygen atoms in total. The van der Waals surface area contributed by atoms with Crippen molar-refractivity contribution in [2.45, 2.75) is 26.2 Å². The number of rotatable bonds is 6. The van der Waals surface area contributed by atoms with Crippen LogP contribution in [0, 0.1) is 11.8 Å². The number of nitrogens with one attached hydrogen (secondary N) is 1. The van der Waals surface area contributed by atoms with Crippen LogP contribution in [0.15, 0.2) is 36.5 Å². The van der Waals surface area contributed by atoms with Gasteiger partial charge in [-0.1, -0.05) is 18.6 Å². The van der Waals surface area contributed by atoms with Gasteiger partial charge in [0.25, 0.3) is 0 Å². The number of nitrogens with zero attached hydrogens (tertiary/aromatic N) is 2. The van der Waals surface area contributed by atoms with Gasteiger partial charge in [-0.15, -0.1) is 12.4 Å². The summed E-state index contributed by atoms with van der Waals surface area (Å²) in [5.74, 6) is -0.296. The summed E-state index contributed by atoms with van der Waals surface area (Å²) >= 11 is 0. The maximum atomic E-state index is 12.7. The van der Waals surface area contributed by atoms with Gasteiger partial charge < -0.3 is 15.8 Å². The second-order valence-electron chi connectivity index (χ2n) is 6.41. The minimum atomic E-state index is -0.468. The zero-order valence-corrected chi connectivity index (χ0v) is 16.1. The van der Waals surface area contributed by atoms with E-state index < -0.39 is 5.97 Å². The van der Waals surface area contributed by atoms with Crippen LogP contribution in [-0.2, 0) is 9.53 Å². The smallest absolute Gasteiger partial charge is 0.358 e. The molecule has 1 aliphatic carbocycles. The van der Waals surface area contributed by atoms with Crippen LogP contribution in [0.25, 0.3) is 5.69 Å². The number of ether oxygens (including phenoxy) is 1. The van der Waals surface area contributed by atoms with Crippen LogP contribution in [-0.4, -0.2) is 34.8 Å². The molecule has 1 aliphatic rings. The van der Waals surface area contributed by atoms with Gasteiger partial charge >= 0.3 is 5.97 Å². The highest BCUT2D eigenvalue weighted by molar-refractivity contribution is 5.95. The van der Waals surface area contributed by atoms with Gasteiger partial charge in [-0.05, 0) is 50.4 Å². The summed E-state index contributed by atoms with van der Waals surface area (Å²) in [5, 5.41) is 7.27. The summed E-state index contributed by atoms with van der Waals surface area (Å²) in [6.45, 7) is 2.57. The Morgan fingerprint density at radius 3 is 2.81 bits per heavy atom. The van der Waals surface area contributed by atoms with Crippen molar-refractivity contribution >= 4 is 30.0 Å². The molecule has 27 heavy (non-hydrogen) atoms. The average molecular weight is 393 g/mol. The molecule has 1 saturated carbocycles. The number of anilines is 1. The van der Waals surface area contributed by atoms with Crippen molar-refractivity contribution in [2.75, 3.05) is 18.5 Å². The van der Waals surface area contributed by atoms with Gasteiger partial charge in [-0.25, -0.2) is 9.48 Å². The number of hydrogen-bond acceptors (Lipinski definition) is 5. The first-order chi connectivity index (χ1) is 12.6. The third kappa shape index (κ3) is 4.67. The first kappa shape index (κ1) is 20.9. The monoisotopic (exact) mass is 392 g/mol. The van der Waals surface area contributed by atoms with Gasteiger partial charge in [0.05, 0.1) is 18.0 Å². The molecule has 1 aromatic carbocycles. The van der Waals surface area contributed by atoms with Crippen molar-refractivity contribution in [1.82, 2.24) is 9.78 Å². The first-order valence-corrected chi connectivity index (χ1v) is 8.97. The Bertz CT molecular complexity index is 793. The van der Waals surface area contributed by atoms with E-state index >= 15 is 0 Å². The van der Waals surface area contributed by atoms with Crippen LogP contribution in [0.2, 0.25) is 0 Å². The number of esters is 1. The molecule has 0 aliphatic heterocycles. The number of halogens is 1. The minimum absolute atomic E-state index is 0. The highest BCUT2D eigenvalue weighted by Gasteiger charge is 2.32. The Morgan fingerprint density at radius 2 is 2.07 bits per heavy atom. The second kappa shape index (κ2) is 9.53. The van der Waals surface area contributed by atoms with Gasteiger partial charge in [0.2, 0.25) is 5.91 Å². The molecule has 8 heteroatoms. The lowest BCUT2D eigenvalue weighted by Gasteiger charge is -2.18. The van der Waals surface area contributed by atoms with E-state index in [1.165, 1.54) is 0 Å². The molecular formula is C19H25ClN4O3. The van der Waals surface area contributed by atoms with Crippen molar-refractivity contribution < 1.29 is 14.3 Å². The normalized spacial score (nSPS) is 18.6. The molecule has 3 N–H and O–H groups in total. The summed E-state index contributed by atoms with van der Waals surface area (Å²) in [7, 11) is 0. The number of benzene rings is 1. The summed E-state index contributed by atoms with van der Waals surface area (Å²) in [6, 6.07) is 8.97. The van der Waals surface area contributed by atoms with Crippen LogP contribution in [0.5, 0.6) is 0 Å². The molecule has 0 unspecified atom stereocenters. The molecule has 0 radical (unpaired) electrons. The lowest BCUT2D eigenvalue weighted by Crippen LogP contribution is -2.30. The number of carbonyl (C=O) groups is 2. The van der Waals surface area contributed by atoms with Gasteiger partial charge in [0.15, 0.2) is 5.69 Å². The van der Waals surface area contributed by atoms with E-state index in [4.69, 9.17) is 10.5 Å². The molecule has 1 heterocycles. The van der Waals surface area contributed by atoms with Crippen LogP contribution in [0.1, 0.15) is 36.7 Å². The molecule has 1 fully saturated rings. The van der Waals surface area contributed by atoms with E-state index in [0.29, 0.717) is 24.5 Å². The molecule has 146 valence electrons. The van der Waals surface area contributed by atoms with Crippen molar-refractivity contribution in [3.8, 4) is 5.69 Å². The highest BCUT2D eigenvalue weighted by atomic mass is 35.5. The molecule has 1 amide bonds. The van der Waals surface area contributed by atoms with Crippen molar-refractivity contribution in [3.63, 3.8) is 0 Å². The fourth-order valence-electron chi connectivity index (χ4n) is 3.44. The summed E-state index contributed by atoms with van der Waals surface area (Å²) in [4.78, 5) is 24.5. The number of nitrogens with two attached hydrogens (primary N) is 1. The van der Waals surface area contributed by atoms with Crippen LogP contribution < -0.4 is 11.1 Å². The van der Waals surface area contributed by atoms with E-state index in [9.17, 15) is 9.59 Å². The Balaban J connectivity index is 0.00000261. The standard InChI is InChI=1S/C19H24N4O3.ClH/c1-2-26-19(25)16-10-11-23(22-16)17-9-4-3-8-15(17)21-18(24)14-7-5-6-13(14)12-20;/h3-4,8-11,13-14H,2,5-7,12,20H2,1H3,(H,21,24);1H/t13-,14-;/m1./s1. The van der Waals surface area contributed by atoms with Crippen LogP contribution >= 0.6 is 12.4 Å². The molecule has 0 spiro atoms. The highest BCUT2D eigenvalue weighted by Crippen LogP contribution is 2.32. The fraction of sp³-hybridized carbons (Fsp3) is 0.421. The molecule has 2 aromatic rings. The van der Waals surface area contributed by atoms with Gasteiger partial charge in [-0.3, -0.25) is 4.79 Å². The number of amides is 1. The van der Waals surface area contributed by atoms with E-state index in [1.807, 2.05) is 24.3 Å². The van der Waals surface area contributed by atoms with Crippen LogP contribution in [0.4, 0.5) is 5.69 Å². The largest absolute Gasteiger partial charge is 0.461 e. The quantitative estimate of drug-likeness (QED) is 0.736. The van der Waals surface area contributed by atoms with E-state index in [1.54, 1.807) is 23.9 Å². The summed E-state index contributed by atoms with van der Waals surface area (Å²) in [5.41, 5.74) is 7.37. The Morgan fingerprint density at radius 1 is 1.30 bits per heavy atom. The Kier molecular flexibility index (Phi) is 7.38. The number of hydrogen-bond donors (Lipinski definition) is 2. The Hall–Kier alpha value is -2.38. The predicted octanol–water partition coefficient (Wildman–Crippen LogP) is 2.78. The van der Waals surface area contributed by atoms with E-state index in [0.717, 1.165) is 19.3 Å². The van der Waals surface area contributed by atoms with Gasteiger partial charge in [-0.2, -0.15) is 5.10 Å². The fourth-order valence-corrected chi connectivity index (χ4v) is 3.44. The second-order valence-corrected chi connectivity index (χ2v) is 6.41. The van der Waals surface area contributed by atoms with E-state index in [-0.39, 0.29) is 35.8 Å². The lowest BCUT2D eigenvalue weighted by atomic mass is 9.95. The first-order valence-electron chi connectivity index (χ1n) is 8.97. The topological polar surface area (TPSA) is 99.2 Å². The third-order valence-electron chi connectivity index (χ3n) is 4.78. The molecule has 2 atom stereocenters. The number of aromatic nitrogens is 2. The van der Waals surface area contributed by atoms with Gasteiger partial charge in [0, 0.05) is 12.1 Å². The minimum Gasteiger partial charge on any atom is -0.461 e. The summed E-state index contributed by atoms with van der Waals surface area (Å²) < 4.78 is 6.53. The average Bonchev–Trinajstić information content (AvgIpc) is 3.32. The van der Waals surface area contributed by atoms with Crippen molar-refractivity contribution in [3.05, 3.63) is 42.2 Å². The third-order valence-corrected chi connectivity index (χ3v) is 4.78. The molecule has 0 bridgehead atoms. The van der Waals surface area contributed by atoms with Gasteiger partial charge in [0.1, 0.15) is 0 Å². The maximum Gasteiger partial charge on any atom is 0.358 e. The van der Waals surface area contributed by atoms with Crippen molar-refractivity contribution in [1.29, 1.82) is 0 Å². The molecule has 0 saturated heterocycles. The number of para-hydroxylation sites is 2. The van der Waals surface area contributed by atoms with E-state index in [2.05, 4.69) is 10.4 Å². The Labute approximate surface area is 164 Å². The molecule has 1 aromatic heterocycles. The molecular weight excluding hydrogens is 368 g/mol. The lowest BCUT2D eigenvalue weighted by molar-refractivity contribution is -0.120. The van der Waals surface area contributed by atoms with Crippen molar-refractivity contribution in [2.24, 2.45) is 17.6 Å². The van der Waals surface area contributed by atoms with Crippen LogP contribution in [0.3, 0.4) is 0 Å². The maximum absolute atomic E-state index is 12.7. The SMILES string of the molecule is CCOC(=O)c1ccn(-c2ccccc2NC(=O)[C@@H]2CCC[C@@H]2CN)n1.Cl. The summed E-state index contributed by atoms with van der Waals surface area (Å²) in [6.07, 6.45) is 4.57. The molecule has 3 rings (SSSR count).